The molecule has 33 heavy (non-hydrogen) atoms. The molecule has 2 rings (SSSR count). The van der Waals surface area contributed by atoms with Gasteiger partial charge in [-0.2, -0.15) is 12.6 Å². The number of hydrogen-bond acceptors (Lipinski definition) is 13. The van der Waals surface area contributed by atoms with Crippen LogP contribution in [0.1, 0.15) is 13.3 Å². The van der Waals surface area contributed by atoms with Gasteiger partial charge in [0.1, 0.15) is 67.0 Å². The van der Waals surface area contributed by atoms with Crippen molar-refractivity contribution in [2.24, 2.45) is 0 Å². The second kappa shape index (κ2) is 12.0. The Morgan fingerprint density at radius 3 is 1.97 bits per heavy atom. The zero-order valence-corrected chi connectivity index (χ0v) is 18.6. The molecular formula is C18H32N2O12S. The summed E-state index contributed by atoms with van der Waals surface area (Å²) in [6.45, 7) is 0.793. The van der Waals surface area contributed by atoms with Gasteiger partial charge in [0.15, 0.2) is 6.29 Å². The van der Waals surface area contributed by atoms with E-state index < -0.39 is 91.7 Å². The van der Waals surface area contributed by atoms with E-state index in [-0.39, 0.29) is 12.2 Å². The third kappa shape index (κ3) is 6.12. The lowest BCUT2D eigenvalue weighted by Gasteiger charge is -2.47. The number of ether oxygens (including phenoxy) is 2. The Morgan fingerprint density at radius 1 is 0.939 bits per heavy atom. The van der Waals surface area contributed by atoms with E-state index in [9.17, 15) is 50.4 Å². The molecule has 192 valence electrons. The van der Waals surface area contributed by atoms with Gasteiger partial charge in [0.05, 0.1) is 6.61 Å². The maximum Gasteiger partial charge on any atom is 0.243 e. The summed E-state index contributed by atoms with van der Waals surface area (Å²) in [5.74, 6) is -1.40. The Morgan fingerprint density at radius 2 is 1.48 bits per heavy atom. The predicted molar refractivity (Wildman–Crippen MR) is 111 cm³/mol. The van der Waals surface area contributed by atoms with E-state index in [0.29, 0.717) is 0 Å². The largest absolute Gasteiger partial charge is 0.394 e. The first-order valence-electron chi connectivity index (χ1n) is 10.4. The lowest BCUT2D eigenvalue weighted by molar-refractivity contribution is -0.319. The summed E-state index contributed by atoms with van der Waals surface area (Å²) in [5, 5.41) is 84.9. The Bertz CT molecular complexity index is 658. The summed E-state index contributed by atoms with van der Waals surface area (Å²) in [5.41, 5.74) is 0. The quantitative estimate of drug-likeness (QED) is 0.140. The topological polar surface area (TPSA) is 238 Å². The summed E-state index contributed by atoms with van der Waals surface area (Å²) in [7, 11) is 0. The molecule has 2 amide bonds. The second-order valence-electron chi connectivity index (χ2n) is 7.95. The first-order chi connectivity index (χ1) is 15.5. The third-order valence-corrected chi connectivity index (χ3v) is 6.07. The number of rotatable bonds is 8. The molecule has 2 aliphatic rings. The number of carbonyl (C=O) groups excluding carboxylic acids is 2. The molecule has 2 unspecified atom stereocenters. The Hall–Kier alpha value is -1.11. The van der Waals surface area contributed by atoms with Crippen molar-refractivity contribution in [3.8, 4) is 0 Å². The van der Waals surface area contributed by atoms with E-state index in [1.807, 2.05) is 0 Å². The van der Waals surface area contributed by atoms with Crippen molar-refractivity contribution in [1.29, 1.82) is 0 Å². The van der Waals surface area contributed by atoms with Crippen LogP contribution in [0.3, 0.4) is 0 Å². The average Bonchev–Trinajstić information content (AvgIpc) is 2.81. The fourth-order valence-electron chi connectivity index (χ4n) is 3.62. The highest BCUT2D eigenvalue weighted by Gasteiger charge is 2.53. The fraction of sp³-hybridized carbons (Fsp3) is 0.889. The van der Waals surface area contributed by atoms with Crippen LogP contribution in [0.15, 0.2) is 0 Å². The van der Waals surface area contributed by atoms with Crippen LogP contribution in [0.25, 0.3) is 0 Å². The van der Waals surface area contributed by atoms with Crippen molar-refractivity contribution >= 4 is 24.4 Å². The van der Waals surface area contributed by atoms with Gasteiger partial charge in [-0.3, -0.25) is 9.59 Å². The van der Waals surface area contributed by atoms with Gasteiger partial charge in [-0.25, -0.2) is 0 Å². The molecule has 1 saturated carbocycles. The molecule has 12 atom stereocenters. The third-order valence-electron chi connectivity index (χ3n) is 5.71. The molecule has 1 heterocycles. The molecule has 1 aliphatic heterocycles. The maximum absolute atomic E-state index is 12.7. The molecule has 0 bridgehead atoms. The lowest BCUT2D eigenvalue weighted by atomic mass is 9.84. The van der Waals surface area contributed by atoms with Crippen LogP contribution >= 0.6 is 12.6 Å². The van der Waals surface area contributed by atoms with Crippen LogP contribution in [-0.2, 0) is 19.1 Å². The molecule has 0 spiro atoms. The lowest BCUT2D eigenvalue weighted by Crippen LogP contribution is -2.69. The molecule has 0 aromatic rings. The van der Waals surface area contributed by atoms with E-state index in [1.165, 1.54) is 0 Å². The van der Waals surface area contributed by atoms with Crippen molar-refractivity contribution in [3.05, 3.63) is 0 Å². The first-order valence-corrected chi connectivity index (χ1v) is 11.0. The molecule has 1 aliphatic carbocycles. The monoisotopic (exact) mass is 500 g/mol. The van der Waals surface area contributed by atoms with E-state index in [0.717, 1.165) is 0 Å². The van der Waals surface area contributed by atoms with Gasteiger partial charge in [-0.15, -0.1) is 0 Å². The summed E-state index contributed by atoms with van der Waals surface area (Å²) >= 11 is 4.01. The number of thiol groups is 1. The Labute approximate surface area is 194 Å². The fourth-order valence-corrected chi connectivity index (χ4v) is 3.88. The van der Waals surface area contributed by atoms with Gasteiger partial charge in [0, 0.05) is 12.2 Å². The van der Waals surface area contributed by atoms with Crippen molar-refractivity contribution in [3.63, 3.8) is 0 Å². The minimum Gasteiger partial charge on any atom is -0.394 e. The van der Waals surface area contributed by atoms with Crippen molar-refractivity contribution < 1.29 is 59.9 Å². The number of aliphatic hydroxyl groups excluding tert-OH is 8. The highest BCUT2D eigenvalue weighted by molar-refractivity contribution is 7.80. The van der Waals surface area contributed by atoms with E-state index in [4.69, 9.17) is 9.47 Å². The van der Waals surface area contributed by atoms with Gasteiger partial charge in [0.25, 0.3) is 0 Å². The Balaban J connectivity index is 2.26. The number of aliphatic hydroxyl groups is 8. The van der Waals surface area contributed by atoms with E-state index >= 15 is 0 Å². The van der Waals surface area contributed by atoms with Gasteiger partial charge in [-0.05, 0) is 0 Å². The van der Waals surface area contributed by atoms with E-state index in [1.54, 1.807) is 6.92 Å². The van der Waals surface area contributed by atoms with Crippen LogP contribution in [0.5, 0.6) is 0 Å². The minimum atomic E-state index is -1.91. The van der Waals surface area contributed by atoms with Crippen molar-refractivity contribution in [2.75, 3.05) is 12.4 Å². The van der Waals surface area contributed by atoms with Crippen molar-refractivity contribution in [1.82, 2.24) is 10.6 Å². The van der Waals surface area contributed by atoms with Crippen LogP contribution < -0.4 is 10.6 Å². The molecule has 0 radical (unpaired) electrons. The predicted octanol–water partition coefficient (Wildman–Crippen LogP) is -6.06. The van der Waals surface area contributed by atoms with Crippen LogP contribution in [0.4, 0.5) is 0 Å². The number of nitrogens with one attached hydrogen (secondary N) is 2. The molecule has 10 N–H and O–H groups in total. The van der Waals surface area contributed by atoms with Crippen molar-refractivity contribution in [2.45, 2.75) is 86.7 Å². The zero-order valence-electron chi connectivity index (χ0n) is 17.7. The standard InChI is InChI=1S/C18H32N2O12S/c1-2-7(22)19-5(4-33)17(30)20-8-10(24)9(23)6(3-21)31-18(8)32-16-14(28)12(26)11(25)13(27)15(16)29/h5-6,8-16,18,21,23-29,33H,2-4H2,1H3,(H,19,22)(H,20,30)/t5-,6+,8+,9+,10+,11?,12-,13+,14+,15+,16?,18+/m0/s1. The number of hydrogen-bond donors (Lipinski definition) is 11. The minimum absolute atomic E-state index is 0.0866. The Kier molecular flexibility index (Phi) is 10.3. The van der Waals surface area contributed by atoms with Gasteiger partial charge < -0.3 is 61.0 Å². The zero-order chi connectivity index (χ0) is 25.0. The first kappa shape index (κ1) is 28.1. The summed E-state index contributed by atoms with van der Waals surface area (Å²) < 4.78 is 10.9. The molecule has 1 saturated heterocycles. The maximum atomic E-state index is 12.7. The highest BCUT2D eigenvalue weighted by Crippen LogP contribution is 2.29. The van der Waals surface area contributed by atoms with E-state index in [2.05, 4.69) is 23.3 Å². The van der Waals surface area contributed by atoms with Gasteiger partial charge in [0.2, 0.25) is 11.8 Å². The molecule has 15 heteroatoms. The molecular weight excluding hydrogens is 468 g/mol. The van der Waals surface area contributed by atoms with Crippen LogP contribution in [-0.4, -0.2) is 138 Å². The van der Waals surface area contributed by atoms with Crippen LogP contribution in [0, 0.1) is 0 Å². The summed E-state index contributed by atoms with van der Waals surface area (Å²) in [6, 6.07) is -2.68. The average molecular weight is 501 g/mol. The number of amides is 2. The molecule has 0 aromatic carbocycles. The highest BCUT2D eigenvalue weighted by atomic mass is 32.1. The number of carbonyl (C=O) groups is 2. The molecule has 14 nitrogen and oxygen atoms in total. The second-order valence-corrected chi connectivity index (χ2v) is 8.32. The van der Waals surface area contributed by atoms with Gasteiger partial charge in [-0.1, -0.05) is 6.92 Å². The van der Waals surface area contributed by atoms with Crippen LogP contribution in [0.2, 0.25) is 0 Å². The summed E-state index contributed by atoms with van der Waals surface area (Å²) in [4.78, 5) is 24.3. The summed E-state index contributed by atoms with van der Waals surface area (Å²) in [6.07, 6.45) is -17.8. The smallest absolute Gasteiger partial charge is 0.243 e. The SMILES string of the molecule is CCC(=O)N[C@@H](CS)C(=O)N[C@H]1[C@@H](OC2[C@H](O)[C@H](O)C(O)[C@H](O)[C@H]2O)O[C@H](CO)[C@@H](O)[C@@H]1O. The molecule has 2 fully saturated rings. The van der Waals surface area contributed by atoms with Gasteiger partial charge >= 0.3 is 0 Å². The molecule has 0 aromatic heterocycles. The normalized spacial score (nSPS) is 42.4.